The standard InChI is InChI=1S/C30H40F4/c1-21-2-10-24(11-3-21)25-12-6-22(7-13-25)4-5-23-8-14-26(15-9-23)27-16-18-28(19-17-27)29(31)20-30(32,33)34/h2-5,10-11,20,22-23,25-28H,6-9,12-19H2,1H3/b5-4+,29-20-. The lowest BCUT2D eigenvalue weighted by Crippen LogP contribution is -2.26. The van der Waals surface area contributed by atoms with Crippen molar-refractivity contribution in [2.45, 2.75) is 96.1 Å². The highest BCUT2D eigenvalue weighted by atomic mass is 19.4. The quantitative estimate of drug-likeness (QED) is 0.293. The topological polar surface area (TPSA) is 0 Å². The maximum Gasteiger partial charge on any atom is 0.412 e. The molecule has 0 nitrogen and oxygen atoms in total. The highest BCUT2D eigenvalue weighted by Gasteiger charge is 2.34. The van der Waals surface area contributed by atoms with Crippen LogP contribution in [0, 0.1) is 36.5 Å². The van der Waals surface area contributed by atoms with E-state index in [2.05, 4.69) is 43.3 Å². The summed E-state index contributed by atoms with van der Waals surface area (Å²) in [5.41, 5.74) is 2.83. The van der Waals surface area contributed by atoms with Gasteiger partial charge in [0, 0.05) is 5.92 Å². The first kappa shape index (κ1) is 25.5. The minimum Gasteiger partial charge on any atom is -0.212 e. The molecule has 3 aliphatic rings. The summed E-state index contributed by atoms with van der Waals surface area (Å²) in [7, 11) is 0. The highest BCUT2D eigenvalue weighted by molar-refractivity contribution is 5.25. The number of hydrogen-bond acceptors (Lipinski definition) is 0. The Morgan fingerprint density at radius 3 is 1.68 bits per heavy atom. The van der Waals surface area contributed by atoms with Crippen molar-refractivity contribution in [1.82, 2.24) is 0 Å². The van der Waals surface area contributed by atoms with Gasteiger partial charge in [0.25, 0.3) is 0 Å². The summed E-state index contributed by atoms with van der Waals surface area (Å²) in [6.45, 7) is 2.14. The second kappa shape index (κ2) is 11.4. The smallest absolute Gasteiger partial charge is 0.212 e. The number of hydrogen-bond donors (Lipinski definition) is 0. The van der Waals surface area contributed by atoms with E-state index in [4.69, 9.17) is 0 Å². The molecule has 188 valence electrons. The van der Waals surface area contributed by atoms with Gasteiger partial charge in [0.1, 0.15) is 5.83 Å². The molecule has 4 heteroatoms. The first-order chi connectivity index (χ1) is 16.3. The molecule has 1 aromatic carbocycles. The van der Waals surface area contributed by atoms with Gasteiger partial charge in [-0.05, 0) is 119 Å². The van der Waals surface area contributed by atoms with Gasteiger partial charge in [0.2, 0.25) is 0 Å². The molecule has 0 aliphatic heterocycles. The molecule has 0 saturated heterocycles. The van der Waals surface area contributed by atoms with E-state index in [1.165, 1.54) is 62.5 Å². The lowest BCUT2D eigenvalue weighted by Gasteiger charge is -2.37. The van der Waals surface area contributed by atoms with Gasteiger partial charge in [-0.1, -0.05) is 42.0 Å². The predicted molar refractivity (Wildman–Crippen MR) is 131 cm³/mol. The summed E-state index contributed by atoms with van der Waals surface area (Å²) < 4.78 is 51.2. The Bertz CT molecular complexity index is 810. The zero-order valence-corrected chi connectivity index (χ0v) is 20.5. The van der Waals surface area contributed by atoms with Crippen molar-refractivity contribution in [3.8, 4) is 0 Å². The largest absolute Gasteiger partial charge is 0.412 e. The Balaban J connectivity index is 1.16. The molecule has 0 aromatic heterocycles. The van der Waals surface area contributed by atoms with Crippen LogP contribution in [-0.2, 0) is 0 Å². The van der Waals surface area contributed by atoms with Crippen molar-refractivity contribution in [2.24, 2.45) is 29.6 Å². The number of alkyl halides is 3. The van der Waals surface area contributed by atoms with Gasteiger partial charge >= 0.3 is 6.18 Å². The summed E-state index contributed by atoms with van der Waals surface area (Å²) in [6, 6.07) is 9.06. The van der Waals surface area contributed by atoms with Crippen LogP contribution in [0.25, 0.3) is 0 Å². The summed E-state index contributed by atoms with van der Waals surface area (Å²) >= 11 is 0. The van der Waals surface area contributed by atoms with E-state index in [0.29, 0.717) is 42.4 Å². The third-order valence-electron chi connectivity index (χ3n) is 8.92. The highest BCUT2D eigenvalue weighted by Crippen LogP contribution is 2.44. The Hall–Kier alpha value is -1.58. The van der Waals surface area contributed by atoms with E-state index in [1.807, 2.05) is 0 Å². The van der Waals surface area contributed by atoms with Crippen molar-refractivity contribution in [1.29, 1.82) is 0 Å². The third kappa shape index (κ3) is 7.21. The van der Waals surface area contributed by atoms with Crippen LogP contribution < -0.4 is 0 Å². The van der Waals surface area contributed by atoms with Gasteiger partial charge in [0.05, 0.1) is 6.08 Å². The van der Waals surface area contributed by atoms with E-state index in [0.717, 1.165) is 12.8 Å². The molecular weight excluding hydrogens is 436 g/mol. The number of aryl methyl sites for hydroxylation is 1. The third-order valence-corrected chi connectivity index (χ3v) is 8.92. The average molecular weight is 477 g/mol. The summed E-state index contributed by atoms with van der Waals surface area (Å²) in [4.78, 5) is 0. The molecule has 4 rings (SSSR count). The number of rotatable bonds is 5. The van der Waals surface area contributed by atoms with Crippen molar-refractivity contribution in [3.63, 3.8) is 0 Å². The zero-order valence-electron chi connectivity index (χ0n) is 20.5. The molecule has 1 aromatic rings. The van der Waals surface area contributed by atoms with Gasteiger partial charge in [-0.15, -0.1) is 0 Å². The molecule has 0 unspecified atom stereocenters. The Morgan fingerprint density at radius 1 is 0.706 bits per heavy atom. The minimum atomic E-state index is -4.55. The van der Waals surface area contributed by atoms with Crippen LogP contribution in [-0.4, -0.2) is 6.18 Å². The number of halogens is 4. The summed E-state index contributed by atoms with van der Waals surface area (Å²) in [5.74, 6) is 1.85. The lowest BCUT2D eigenvalue weighted by atomic mass is 9.69. The Labute approximate surface area is 202 Å². The predicted octanol–water partition coefficient (Wildman–Crippen LogP) is 9.85. The monoisotopic (exact) mass is 476 g/mol. The second-order valence-corrected chi connectivity index (χ2v) is 11.3. The maximum absolute atomic E-state index is 13.9. The van der Waals surface area contributed by atoms with Crippen LogP contribution in [0.1, 0.15) is 94.1 Å². The number of benzene rings is 1. The molecule has 0 heterocycles. The van der Waals surface area contributed by atoms with E-state index in [9.17, 15) is 17.6 Å². The molecule has 0 radical (unpaired) electrons. The van der Waals surface area contributed by atoms with Crippen LogP contribution in [0.2, 0.25) is 0 Å². The fourth-order valence-electron chi connectivity index (χ4n) is 6.75. The van der Waals surface area contributed by atoms with E-state index in [1.54, 1.807) is 0 Å². The van der Waals surface area contributed by atoms with Crippen LogP contribution in [0.15, 0.2) is 48.3 Å². The molecule has 0 N–H and O–H groups in total. The molecular formula is C30H40F4. The molecule has 3 aliphatic carbocycles. The summed E-state index contributed by atoms with van der Waals surface area (Å²) in [5, 5.41) is 0. The molecule has 0 amide bonds. The molecule has 3 saturated carbocycles. The normalized spacial score (nSPS) is 33.9. The maximum atomic E-state index is 13.9. The van der Waals surface area contributed by atoms with Crippen LogP contribution in [0.5, 0.6) is 0 Å². The van der Waals surface area contributed by atoms with Crippen LogP contribution >= 0.6 is 0 Å². The molecule has 0 atom stereocenters. The van der Waals surface area contributed by atoms with Crippen LogP contribution in [0.3, 0.4) is 0 Å². The van der Waals surface area contributed by atoms with Gasteiger partial charge in [-0.3, -0.25) is 0 Å². The zero-order chi connectivity index (χ0) is 24.1. The van der Waals surface area contributed by atoms with E-state index >= 15 is 0 Å². The van der Waals surface area contributed by atoms with E-state index < -0.39 is 17.9 Å². The first-order valence-corrected chi connectivity index (χ1v) is 13.5. The molecule has 34 heavy (non-hydrogen) atoms. The minimum absolute atomic E-state index is 0.134. The molecule has 0 bridgehead atoms. The fourth-order valence-corrected chi connectivity index (χ4v) is 6.75. The second-order valence-electron chi connectivity index (χ2n) is 11.3. The first-order valence-electron chi connectivity index (χ1n) is 13.5. The average Bonchev–Trinajstić information content (AvgIpc) is 2.83. The van der Waals surface area contributed by atoms with Crippen molar-refractivity contribution in [3.05, 3.63) is 59.4 Å². The lowest BCUT2D eigenvalue weighted by molar-refractivity contribution is -0.0821. The number of allylic oxidation sites excluding steroid dienone is 4. The molecule has 0 spiro atoms. The van der Waals surface area contributed by atoms with Gasteiger partial charge < -0.3 is 0 Å². The SMILES string of the molecule is Cc1ccc(C2CCC(/C=C/C3CCC(C4CCC(/C(F)=C/C(F)(F)F)CC4)CC3)CC2)cc1. The van der Waals surface area contributed by atoms with Crippen LogP contribution in [0.4, 0.5) is 17.6 Å². The van der Waals surface area contributed by atoms with Crippen molar-refractivity contribution in [2.75, 3.05) is 0 Å². The molecule has 3 fully saturated rings. The van der Waals surface area contributed by atoms with Crippen molar-refractivity contribution < 1.29 is 17.6 Å². The van der Waals surface area contributed by atoms with Gasteiger partial charge in [-0.2, -0.15) is 13.2 Å². The van der Waals surface area contributed by atoms with Crippen molar-refractivity contribution >= 4 is 0 Å². The Kier molecular flexibility index (Phi) is 8.58. The Morgan fingerprint density at radius 2 is 1.18 bits per heavy atom. The van der Waals surface area contributed by atoms with Gasteiger partial charge in [0.15, 0.2) is 0 Å². The fraction of sp³-hybridized carbons (Fsp3) is 0.667. The van der Waals surface area contributed by atoms with E-state index in [-0.39, 0.29) is 6.08 Å². The summed E-state index contributed by atoms with van der Waals surface area (Å²) in [6.07, 6.45) is 13.2. The van der Waals surface area contributed by atoms with Gasteiger partial charge in [-0.25, -0.2) is 4.39 Å².